The molecule has 0 radical (unpaired) electrons. The highest BCUT2D eigenvalue weighted by atomic mass is 16.3. The van der Waals surface area contributed by atoms with Crippen molar-refractivity contribution >= 4 is 0 Å². The molecule has 14 heavy (non-hydrogen) atoms. The van der Waals surface area contributed by atoms with Crippen LogP contribution in [0.2, 0.25) is 0 Å². The van der Waals surface area contributed by atoms with Gasteiger partial charge in [-0.25, -0.2) is 0 Å². The van der Waals surface area contributed by atoms with Gasteiger partial charge in [-0.1, -0.05) is 20.8 Å². The van der Waals surface area contributed by atoms with Gasteiger partial charge in [0.05, 0.1) is 5.60 Å². The molecule has 0 aromatic heterocycles. The molecule has 3 heteroatoms. The van der Waals surface area contributed by atoms with Crippen molar-refractivity contribution in [3.05, 3.63) is 0 Å². The summed E-state index contributed by atoms with van der Waals surface area (Å²) >= 11 is 0. The van der Waals surface area contributed by atoms with E-state index in [0.717, 1.165) is 19.4 Å². The van der Waals surface area contributed by atoms with E-state index in [1.165, 1.54) is 0 Å². The number of nitrogens with one attached hydrogen (secondary N) is 1. The van der Waals surface area contributed by atoms with Gasteiger partial charge in [0.25, 0.3) is 0 Å². The van der Waals surface area contributed by atoms with Crippen molar-refractivity contribution in [3.63, 3.8) is 0 Å². The molecule has 0 saturated carbocycles. The molecule has 0 aliphatic heterocycles. The molecular formula is C11H25NO2. The highest BCUT2D eigenvalue weighted by molar-refractivity contribution is 4.78. The van der Waals surface area contributed by atoms with E-state index in [1.54, 1.807) is 0 Å². The Labute approximate surface area is 87.5 Å². The average molecular weight is 203 g/mol. The molecule has 0 rings (SSSR count). The van der Waals surface area contributed by atoms with Gasteiger partial charge in [-0.05, 0) is 19.8 Å². The van der Waals surface area contributed by atoms with Crippen LogP contribution in [-0.2, 0) is 0 Å². The van der Waals surface area contributed by atoms with Crippen molar-refractivity contribution in [1.82, 2.24) is 5.32 Å². The first-order valence-electron chi connectivity index (χ1n) is 5.43. The zero-order valence-electron chi connectivity index (χ0n) is 9.93. The van der Waals surface area contributed by atoms with Crippen molar-refractivity contribution in [2.45, 2.75) is 46.1 Å². The highest BCUT2D eigenvalue weighted by Gasteiger charge is 2.23. The maximum Gasteiger partial charge on any atom is 0.0740 e. The van der Waals surface area contributed by atoms with Crippen LogP contribution in [0.3, 0.4) is 0 Å². The Bertz CT molecular complexity index is 153. The average Bonchev–Trinajstić information content (AvgIpc) is 2.17. The zero-order valence-corrected chi connectivity index (χ0v) is 9.93. The van der Waals surface area contributed by atoms with Crippen molar-refractivity contribution in [2.75, 3.05) is 19.7 Å². The topological polar surface area (TPSA) is 52.5 Å². The highest BCUT2D eigenvalue weighted by Crippen LogP contribution is 2.18. The molecule has 0 spiro atoms. The lowest BCUT2D eigenvalue weighted by molar-refractivity contribution is 0.0489. The number of hydrogen-bond acceptors (Lipinski definition) is 3. The minimum atomic E-state index is -0.635. The zero-order chi connectivity index (χ0) is 11.2. The van der Waals surface area contributed by atoms with Crippen LogP contribution in [-0.4, -0.2) is 35.5 Å². The van der Waals surface area contributed by atoms with Gasteiger partial charge in [-0.3, -0.25) is 0 Å². The molecule has 0 heterocycles. The molecule has 0 bridgehead atoms. The maximum atomic E-state index is 9.74. The molecule has 2 atom stereocenters. The molecule has 0 aliphatic carbocycles. The van der Waals surface area contributed by atoms with E-state index in [4.69, 9.17) is 5.11 Å². The van der Waals surface area contributed by atoms with E-state index in [2.05, 4.69) is 12.2 Å². The molecule has 2 unspecified atom stereocenters. The van der Waals surface area contributed by atoms with Crippen LogP contribution in [0.15, 0.2) is 0 Å². The molecule has 0 aliphatic rings. The summed E-state index contributed by atoms with van der Waals surface area (Å²) in [4.78, 5) is 0. The van der Waals surface area contributed by atoms with Crippen molar-refractivity contribution < 1.29 is 10.2 Å². The summed E-state index contributed by atoms with van der Waals surface area (Å²) in [6.07, 6.45) is 1.67. The third-order valence-electron chi connectivity index (χ3n) is 3.05. The molecule has 0 aromatic rings. The van der Waals surface area contributed by atoms with Gasteiger partial charge >= 0.3 is 0 Å². The Morgan fingerprint density at radius 1 is 1.07 bits per heavy atom. The van der Waals surface area contributed by atoms with Gasteiger partial charge in [0.2, 0.25) is 0 Å². The third kappa shape index (κ3) is 4.94. The second kappa shape index (κ2) is 5.69. The van der Waals surface area contributed by atoms with Crippen LogP contribution in [0.4, 0.5) is 0 Å². The van der Waals surface area contributed by atoms with E-state index in [-0.39, 0.29) is 12.0 Å². The number of rotatable bonds is 7. The van der Waals surface area contributed by atoms with Crippen LogP contribution >= 0.6 is 0 Å². The normalized spacial score (nSPS) is 20.1. The Balaban J connectivity index is 3.83. The van der Waals surface area contributed by atoms with Gasteiger partial charge in [0.1, 0.15) is 0 Å². The van der Waals surface area contributed by atoms with E-state index >= 15 is 0 Å². The lowest BCUT2D eigenvalue weighted by Crippen LogP contribution is -2.42. The van der Waals surface area contributed by atoms with Crippen LogP contribution in [0.5, 0.6) is 0 Å². The van der Waals surface area contributed by atoms with Gasteiger partial charge in [0.15, 0.2) is 0 Å². The SMILES string of the molecule is CCC(C)(O)CNCC(C)(CC)CO. The molecule has 0 saturated heterocycles. The predicted molar refractivity (Wildman–Crippen MR) is 59.3 cm³/mol. The monoisotopic (exact) mass is 203 g/mol. The first kappa shape index (κ1) is 13.9. The molecule has 0 aromatic carbocycles. The van der Waals surface area contributed by atoms with E-state index < -0.39 is 5.60 Å². The summed E-state index contributed by atoms with van der Waals surface area (Å²) in [5.41, 5.74) is -0.700. The maximum absolute atomic E-state index is 9.74. The van der Waals surface area contributed by atoms with Crippen LogP contribution in [0.25, 0.3) is 0 Å². The summed E-state index contributed by atoms with van der Waals surface area (Å²) < 4.78 is 0. The van der Waals surface area contributed by atoms with Gasteiger partial charge < -0.3 is 15.5 Å². The lowest BCUT2D eigenvalue weighted by atomic mass is 9.88. The summed E-state index contributed by atoms with van der Waals surface area (Å²) in [5.74, 6) is 0. The van der Waals surface area contributed by atoms with Gasteiger partial charge in [0, 0.05) is 25.1 Å². The molecule has 0 fully saturated rings. The summed E-state index contributed by atoms with van der Waals surface area (Å²) in [7, 11) is 0. The number of aliphatic hydroxyl groups is 2. The smallest absolute Gasteiger partial charge is 0.0740 e. The Kier molecular flexibility index (Phi) is 5.64. The number of aliphatic hydroxyl groups excluding tert-OH is 1. The molecule has 3 N–H and O–H groups in total. The largest absolute Gasteiger partial charge is 0.396 e. The Hall–Kier alpha value is -0.120. The minimum Gasteiger partial charge on any atom is -0.396 e. The van der Waals surface area contributed by atoms with Crippen LogP contribution < -0.4 is 5.32 Å². The van der Waals surface area contributed by atoms with E-state index in [0.29, 0.717) is 6.54 Å². The molecule has 86 valence electrons. The first-order chi connectivity index (χ1) is 6.39. The summed E-state index contributed by atoms with van der Waals surface area (Å²) in [6, 6.07) is 0. The lowest BCUT2D eigenvalue weighted by Gasteiger charge is -2.29. The quantitative estimate of drug-likeness (QED) is 0.582. The second-order valence-electron chi connectivity index (χ2n) is 4.78. The standard InChI is InChI=1S/C11H25NO2/c1-5-10(3,9-13)7-12-8-11(4,14)6-2/h12-14H,5-9H2,1-4H3. The van der Waals surface area contributed by atoms with Crippen molar-refractivity contribution in [3.8, 4) is 0 Å². The molecule has 3 nitrogen and oxygen atoms in total. The Morgan fingerprint density at radius 2 is 1.64 bits per heavy atom. The minimum absolute atomic E-state index is 0.0657. The van der Waals surface area contributed by atoms with Crippen LogP contribution in [0.1, 0.15) is 40.5 Å². The first-order valence-corrected chi connectivity index (χ1v) is 5.43. The van der Waals surface area contributed by atoms with Crippen molar-refractivity contribution in [2.24, 2.45) is 5.41 Å². The predicted octanol–water partition coefficient (Wildman–Crippen LogP) is 1.15. The van der Waals surface area contributed by atoms with Crippen LogP contribution in [0, 0.1) is 5.41 Å². The van der Waals surface area contributed by atoms with Crippen molar-refractivity contribution in [1.29, 1.82) is 0 Å². The third-order valence-corrected chi connectivity index (χ3v) is 3.05. The fourth-order valence-electron chi connectivity index (χ4n) is 1.05. The van der Waals surface area contributed by atoms with Gasteiger partial charge in [-0.2, -0.15) is 0 Å². The Morgan fingerprint density at radius 3 is 2.00 bits per heavy atom. The molecule has 0 amide bonds. The summed E-state index contributed by atoms with van der Waals surface area (Å²) in [5, 5.41) is 22.1. The van der Waals surface area contributed by atoms with Gasteiger partial charge in [-0.15, -0.1) is 0 Å². The fraction of sp³-hybridized carbons (Fsp3) is 1.00. The number of hydrogen-bond donors (Lipinski definition) is 3. The summed E-state index contributed by atoms with van der Waals surface area (Å²) in [6.45, 7) is 9.41. The van der Waals surface area contributed by atoms with E-state index in [1.807, 2.05) is 20.8 Å². The second-order valence-corrected chi connectivity index (χ2v) is 4.78. The molecular weight excluding hydrogens is 178 g/mol. The fourth-order valence-corrected chi connectivity index (χ4v) is 1.05. The van der Waals surface area contributed by atoms with E-state index in [9.17, 15) is 5.11 Å².